The maximum absolute atomic E-state index is 11.7. The summed E-state index contributed by atoms with van der Waals surface area (Å²) in [5.74, 6) is 0. The molecule has 1 aromatic heterocycles. The summed E-state index contributed by atoms with van der Waals surface area (Å²) in [6.07, 6.45) is 2.16. The molecule has 8 heteroatoms. The van der Waals surface area contributed by atoms with Gasteiger partial charge in [0.2, 0.25) is 0 Å². The second kappa shape index (κ2) is 7.76. The van der Waals surface area contributed by atoms with E-state index in [-0.39, 0.29) is 0 Å². The lowest BCUT2D eigenvalue weighted by Crippen LogP contribution is -2.42. The summed E-state index contributed by atoms with van der Waals surface area (Å²) in [6, 6.07) is 0. The number of β-amino-alcohol motifs (C(OH)–C–C–N with tert-alkyl or cyclic N) is 1. The first kappa shape index (κ1) is 17.7. The van der Waals surface area contributed by atoms with Crippen molar-refractivity contribution in [1.82, 2.24) is 14.7 Å². The number of aromatic nitrogens is 2. The fourth-order valence-electron chi connectivity index (χ4n) is 2.30. The Morgan fingerprint density at radius 2 is 2.13 bits per heavy atom. The Kier molecular flexibility index (Phi) is 5.97. The highest BCUT2D eigenvalue weighted by atomic mass is 16.6. The topological polar surface area (TPSA) is 88.8 Å². The summed E-state index contributed by atoms with van der Waals surface area (Å²) >= 11 is 0. The van der Waals surface area contributed by atoms with Gasteiger partial charge in [-0.25, -0.2) is 4.79 Å². The number of anilines is 1. The van der Waals surface area contributed by atoms with Gasteiger partial charge in [0, 0.05) is 25.8 Å². The third-order valence-corrected chi connectivity index (χ3v) is 3.25. The van der Waals surface area contributed by atoms with Crippen LogP contribution in [0.4, 0.5) is 10.5 Å². The normalized spacial score (nSPS) is 17.7. The van der Waals surface area contributed by atoms with Gasteiger partial charge in [-0.1, -0.05) is 0 Å². The van der Waals surface area contributed by atoms with Crippen molar-refractivity contribution in [3.8, 4) is 0 Å². The molecule has 1 atom stereocenters. The van der Waals surface area contributed by atoms with Crippen LogP contribution < -0.4 is 5.32 Å². The van der Waals surface area contributed by atoms with Gasteiger partial charge in [-0.2, -0.15) is 5.10 Å². The Labute approximate surface area is 136 Å². The van der Waals surface area contributed by atoms with Crippen molar-refractivity contribution in [2.45, 2.75) is 39.0 Å². The quantitative estimate of drug-likeness (QED) is 0.836. The molecule has 0 spiro atoms. The molecule has 1 unspecified atom stereocenters. The van der Waals surface area contributed by atoms with E-state index in [1.807, 2.05) is 0 Å². The largest absolute Gasteiger partial charge is 0.444 e. The minimum absolute atomic E-state index is 0.368. The van der Waals surface area contributed by atoms with Crippen molar-refractivity contribution in [2.75, 3.05) is 38.2 Å². The fraction of sp³-hybridized carbons (Fsp3) is 0.733. The van der Waals surface area contributed by atoms with Crippen LogP contribution in [0.2, 0.25) is 0 Å². The van der Waals surface area contributed by atoms with Crippen molar-refractivity contribution in [1.29, 1.82) is 0 Å². The first-order valence-electron chi connectivity index (χ1n) is 7.82. The van der Waals surface area contributed by atoms with Crippen molar-refractivity contribution in [2.24, 2.45) is 0 Å². The van der Waals surface area contributed by atoms with E-state index in [4.69, 9.17) is 9.47 Å². The van der Waals surface area contributed by atoms with Crippen LogP contribution in [0.15, 0.2) is 12.4 Å². The molecule has 8 nitrogen and oxygen atoms in total. The molecule has 130 valence electrons. The van der Waals surface area contributed by atoms with Gasteiger partial charge in [0.05, 0.1) is 37.7 Å². The molecule has 0 saturated carbocycles. The summed E-state index contributed by atoms with van der Waals surface area (Å²) < 4.78 is 12.1. The van der Waals surface area contributed by atoms with E-state index in [9.17, 15) is 9.90 Å². The molecule has 23 heavy (non-hydrogen) atoms. The van der Waals surface area contributed by atoms with Crippen molar-refractivity contribution < 1.29 is 19.4 Å². The minimum Gasteiger partial charge on any atom is -0.444 e. The highest BCUT2D eigenvalue weighted by Gasteiger charge is 2.18. The highest BCUT2D eigenvalue weighted by Crippen LogP contribution is 2.11. The summed E-state index contributed by atoms with van der Waals surface area (Å²) in [4.78, 5) is 13.8. The van der Waals surface area contributed by atoms with E-state index >= 15 is 0 Å². The zero-order valence-corrected chi connectivity index (χ0v) is 14.0. The van der Waals surface area contributed by atoms with Gasteiger partial charge in [0.25, 0.3) is 0 Å². The summed E-state index contributed by atoms with van der Waals surface area (Å²) in [5.41, 5.74) is -0.00754. The van der Waals surface area contributed by atoms with Crippen LogP contribution in [-0.4, -0.2) is 70.4 Å². The smallest absolute Gasteiger partial charge is 0.412 e. The third kappa shape index (κ3) is 6.55. The predicted octanol–water partition coefficient (Wildman–Crippen LogP) is 0.923. The van der Waals surface area contributed by atoms with Crippen LogP contribution in [-0.2, 0) is 16.0 Å². The molecule has 1 saturated heterocycles. The standard InChI is InChI=1S/C15H26N4O4/c1-15(2,3)23-14(21)17-12-8-16-19(9-12)11-13(20)10-18-4-6-22-7-5-18/h8-9,13,20H,4-7,10-11H2,1-3H3,(H,17,21). The number of aliphatic hydroxyl groups is 1. The van der Waals surface area contributed by atoms with E-state index in [1.165, 1.54) is 6.20 Å². The number of aliphatic hydroxyl groups excluding tert-OH is 1. The van der Waals surface area contributed by atoms with Gasteiger partial charge in [0.1, 0.15) is 5.60 Å². The number of nitrogens with one attached hydrogen (secondary N) is 1. The highest BCUT2D eigenvalue weighted by molar-refractivity contribution is 5.84. The van der Waals surface area contributed by atoms with E-state index in [2.05, 4.69) is 15.3 Å². The van der Waals surface area contributed by atoms with Gasteiger partial charge in [0.15, 0.2) is 0 Å². The summed E-state index contributed by atoms with van der Waals surface area (Å²) in [7, 11) is 0. The van der Waals surface area contributed by atoms with Crippen LogP contribution in [0.25, 0.3) is 0 Å². The number of hydrogen-bond acceptors (Lipinski definition) is 6. The first-order valence-corrected chi connectivity index (χ1v) is 7.82. The molecule has 0 bridgehead atoms. The maximum Gasteiger partial charge on any atom is 0.412 e. The molecule has 1 aliphatic heterocycles. The Morgan fingerprint density at radius 3 is 2.78 bits per heavy atom. The maximum atomic E-state index is 11.7. The fourth-order valence-corrected chi connectivity index (χ4v) is 2.30. The molecule has 0 radical (unpaired) electrons. The molecule has 0 aromatic carbocycles. The third-order valence-electron chi connectivity index (χ3n) is 3.25. The Morgan fingerprint density at radius 1 is 1.43 bits per heavy atom. The van der Waals surface area contributed by atoms with E-state index < -0.39 is 17.8 Å². The number of hydrogen-bond donors (Lipinski definition) is 2. The average molecular weight is 326 g/mol. The minimum atomic E-state index is -0.547. The molecule has 1 aliphatic rings. The number of morpholine rings is 1. The molecule has 2 rings (SSSR count). The lowest BCUT2D eigenvalue weighted by atomic mass is 10.2. The second-order valence-corrected chi connectivity index (χ2v) is 6.64. The molecular formula is C15H26N4O4. The molecule has 1 aromatic rings. The van der Waals surface area contributed by atoms with Gasteiger partial charge in [-0.3, -0.25) is 14.9 Å². The number of carbonyl (C=O) groups excluding carboxylic acids is 1. The molecule has 2 N–H and O–H groups in total. The Bertz CT molecular complexity index is 506. The van der Waals surface area contributed by atoms with Crippen molar-refractivity contribution in [3.05, 3.63) is 12.4 Å². The Balaban J connectivity index is 1.78. The van der Waals surface area contributed by atoms with Crippen LogP contribution in [0, 0.1) is 0 Å². The van der Waals surface area contributed by atoms with E-state index in [0.717, 1.165) is 13.1 Å². The molecule has 1 fully saturated rings. The van der Waals surface area contributed by atoms with Gasteiger partial charge < -0.3 is 14.6 Å². The monoisotopic (exact) mass is 326 g/mol. The van der Waals surface area contributed by atoms with Crippen LogP contribution in [0.5, 0.6) is 0 Å². The Hall–Kier alpha value is -1.64. The molecule has 2 heterocycles. The van der Waals surface area contributed by atoms with Crippen LogP contribution in [0.1, 0.15) is 20.8 Å². The van der Waals surface area contributed by atoms with Crippen molar-refractivity contribution in [3.63, 3.8) is 0 Å². The molecule has 0 aliphatic carbocycles. The van der Waals surface area contributed by atoms with E-state index in [1.54, 1.807) is 31.6 Å². The van der Waals surface area contributed by atoms with Crippen molar-refractivity contribution >= 4 is 11.8 Å². The molecular weight excluding hydrogens is 300 g/mol. The van der Waals surface area contributed by atoms with Gasteiger partial charge in [-0.15, -0.1) is 0 Å². The number of ether oxygens (including phenoxy) is 2. The number of carbonyl (C=O) groups is 1. The van der Waals surface area contributed by atoms with Crippen LogP contribution in [0.3, 0.4) is 0 Å². The average Bonchev–Trinajstić information content (AvgIpc) is 2.84. The zero-order valence-electron chi connectivity index (χ0n) is 14.0. The molecule has 1 amide bonds. The van der Waals surface area contributed by atoms with Gasteiger partial charge in [-0.05, 0) is 20.8 Å². The lowest BCUT2D eigenvalue weighted by molar-refractivity contribution is 0.0108. The van der Waals surface area contributed by atoms with Gasteiger partial charge >= 0.3 is 6.09 Å². The van der Waals surface area contributed by atoms with Crippen LogP contribution >= 0.6 is 0 Å². The number of amides is 1. The lowest BCUT2D eigenvalue weighted by Gasteiger charge is -2.28. The van der Waals surface area contributed by atoms with E-state index in [0.29, 0.717) is 32.0 Å². The second-order valence-electron chi connectivity index (χ2n) is 6.64. The zero-order chi connectivity index (χ0) is 16.9. The first-order chi connectivity index (χ1) is 10.8. The SMILES string of the molecule is CC(C)(C)OC(=O)Nc1cnn(CC(O)CN2CCOCC2)c1. The number of nitrogens with zero attached hydrogens (tertiary/aromatic N) is 3. The summed E-state index contributed by atoms with van der Waals surface area (Å²) in [5, 5.41) is 16.9. The number of rotatable bonds is 5. The summed E-state index contributed by atoms with van der Waals surface area (Å²) in [6.45, 7) is 9.44. The predicted molar refractivity (Wildman–Crippen MR) is 85.3 cm³/mol.